The number of methoxy groups -OCH3 is 1. The molecule has 1 aliphatic heterocycles. The van der Waals surface area contributed by atoms with Crippen LogP contribution in [0.15, 0.2) is 42.5 Å². The number of nitrogens with zero attached hydrogens (tertiary/aromatic N) is 1. The second-order valence-corrected chi connectivity index (χ2v) is 8.06. The molecule has 2 aromatic rings. The fourth-order valence-electron chi connectivity index (χ4n) is 2.87. The first-order chi connectivity index (χ1) is 12.4. The van der Waals surface area contributed by atoms with Gasteiger partial charge in [-0.25, -0.2) is 13.2 Å². The molecule has 0 aliphatic carbocycles. The van der Waals surface area contributed by atoms with Gasteiger partial charge in [0.1, 0.15) is 5.75 Å². The summed E-state index contributed by atoms with van der Waals surface area (Å²) in [5.74, 6) is 0.682. The molecule has 138 valence electrons. The van der Waals surface area contributed by atoms with Gasteiger partial charge in [0.2, 0.25) is 10.0 Å². The second kappa shape index (κ2) is 7.25. The molecule has 0 radical (unpaired) electrons. The summed E-state index contributed by atoms with van der Waals surface area (Å²) < 4.78 is 31.0. The lowest BCUT2D eigenvalue weighted by atomic mass is 10.1. The zero-order valence-corrected chi connectivity index (χ0v) is 15.5. The Labute approximate surface area is 153 Å². The molecule has 26 heavy (non-hydrogen) atoms. The summed E-state index contributed by atoms with van der Waals surface area (Å²) in [6, 6.07) is 11.9. The van der Waals surface area contributed by atoms with E-state index in [1.807, 2.05) is 6.07 Å². The Morgan fingerprint density at radius 2 is 1.88 bits per heavy atom. The Kier molecular flexibility index (Phi) is 5.03. The number of amides is 2. The Hall–Kier alpha value is -2.74. The van der Waals surface area contributed by atoms with E-state index in [2.05, 4.69) is 10.6 Å². The topological polar surface area (TPSA) is 87.7 Å². The third-order valence-electron chi connectivity index (χ3n) is 4.22. The Morgan fingerprint density at radius 1 is 1.15 bits per heavy atom. The standard InChI is InChI=1S/C18H21N3O4S/c1-3-26(23,24)21-10-9-13-7-8-15(12-17(13)21)20-18(22)19-14-5-4-6-16(11-14)25-2/h4-8,11-12H,3,9-10H2,1-2H3,(H2,19,20,22). The molecule has 1 aliphatic rings. The third kappa shape index (κ3) is 3.75. The van der Waals surface area contributed by atoms with Crippen molar-refractivity contribution in [1.82, 2.24) is 0 Å². The van der Waals surface area contributed by atoms with Crippen molar-refractivity contribution in [2.75, 3.05) is 34.3 Å². The molecule has 0 saturated carbocycles. The highest BCUT2D eigenvalue weighted by atomic mass is 32.2. The van der Waals surface area contributed by atoms with Crippen molar-refractivity contribution in [2.45, 2.75) is 13.3 Å². The van der Waals surface area contributed by atoms with E-state index in [1.165, 1.54) is 4.31 Å². The van der Waals surface area contributed by atoms with Gasteiger partial charge in [0.15, 0.2) is 0 Å². The van der Waals surface area contributed by atoms with E-state index in [9.17, 15) is 13.2 Å². The molecule has 0 fully saturated rings. The molecule has 1 heterocycles. The minimum absolute atomic E-state index is 0.0421. The van der Waals surface area contributed by atoms with E-state index in [0.717, 1.165) is 5.56 Å². The van der Waals surface area contributed by atoms with Crippen LogP contribution >= 0.6 is 0 Å². The predicted molar refractivity (Wildman–Crippen MR) is 103 cm³/mol. The molecule has 0 bridgehead atoms. The number of ether oxygens (including phenoxy) is 1. The molecular weight excluding hydrogens is 354 g/mol. The number of benzene rings is 2. The average molecular weight is 375 g/mol. The second-order valence-electron chi connectivity index (χ2n) is 5.88. The summed E-state index contributed by atoms with van der Waals surface area (Å²) in [4.78, 5) is 12.2. The number of anilines is 3. The quantitative estimate of drug-likeness (QED) is 0.841. The van der Waals surface area contributed by atoms with Crippen molar-refractivity contribution in [2.24, 2.45) is 0 Å². The van der Waals surface area contributed by atoms with E-state index in [0.29, 0.717) is 35.8 Å². The van der Waals surface area contributed by atoms with E-state index >= 15 is 0 Å². The maximum absolute atomic E-state index is 12.2. The van der Waals surface area contributed by atoms with Crippen LogP contribution in [0.25, 0.3) is 0 Å². The van der Waals surface area contributed by atoms with Crippen molar-refractivity contribution >= 4 is 33.1 Å². The molecule has 0 aromatic heterocycles. The Morgan fingerprint density at radius 3 is 2.58 bits per heavy atom. The van der Waals surface area contributed by atoms with Crippen molar-refractivity contribution in [3.63, 3.8) is 0 Å². The van der Waals surface area contributed by atoms with Gasteiger partial charge in [0.25, 0.3) is 0 Å². The van der Waals surface area contributed by atoms with Crippen LogP contribution in [-0.4, -0.2) is 33.9 Å². The fraction of sp³-hybridized carbons (Fsp3) is 0.278. The molecule has 7 nitrogen and oxygen atoms in total. The molecular formula is C18H21N3O4S. The summed E-state index contributed by atoms with van der Waals surface area (Å²) in [7, 11) is -1.77. The van der Waals surface area contributed by atoms with Gasteiger partial charge in [0, 0.05) is 24.0 Å². The lowest BCUT2D eigenvalue weighted by Gasteiger charge is -2.19. The summed E-state index contributed by atoms with van der Waals surface area (Å²) >= 11 is 0. The lowest BCUT2D eigenvalue weighted by Crippen LogP contribution is -2.30. The molecule has 8 heteroatoms. The van der Waals surface area contributed by atoms with Crippen LogP contribution in [0.4, 0.5) is 21.9 Å². The highest BCUT2D eigenvalue weighted by Gasteiger charge is 2.28. The molecule has 0 atom stereocenters. The van der Waals surface area contributed by atoms with Crippen molar-refractivity contribution < 1.29 is 17.9 Å². The van der Waals surface area contributed by atoms with Crippen LogP contribution < -0.4 is 19.7 Å². The van der Waals surface area contributed by atoms with Gasteiger partial charge in [-0.2, -0.15) is 0 Å². The first-order valence-corrected chi connectivity index (χ1v) is 9.89. The molecule has 0 saturated heterocycles. The van der Waals surface area contributed by atoms with E-state index < -0.39 is 16.1 Å². The van der Waals surface area contributed by atoms with Crippen LogP contribution in [0, 0.1) is 0 Å². The number of carbonyl (C=O) groups excluding carboxylic acids is 1. The number of carbonyl (C=O) groups is 1. The SMILES string of the molecule is CCS(=O)(=O)N1CCc2ccc(NC(=O)Nc3cccc(OC)c3)cc21. The summed E-state index contributed by atoms with van der Waals surface area (Å²) in [6.45, 7) is 2.06. The highest BCUT2D eigenvalue weighted by Crippen LogP contribution is 2.33. The highest BCUT2D eigenvalue weighted by molar-refractivity contribution is 7.92. The number of hydrogen-bond donors (Lipinski definition) is 2. The monoisotopic (exact) mass is 375 g/mol. The van der Waals surface area contributed by atoms with Gasteiger partial charge in [-0.3, -0.25) is 4.31 Å². The smallest absolute Gasteiger partial charge is 0.323 e. The van der Waals surface area contributed by atoms with Crippen LogP contribution in [0.2, 0.25) is 0 Å². The number of rotatable bonds is 5. The van der Waals surface area contributed by atoms with E-state index in [4.69, 9.17) is 4.74 Å². The molecule has 2 N–H and O–H groups in total. The number of urea groups is 1. The summed E-state index contributed by atoms with van der Waals surface area (Å²) in [5, 5.41) is 5.46. The molecule has 3 rings (SSSR count). The zero-order chi connectivity index (χ0) is 18.7. The normalized spacial score (nSPS) is 13.2. The van der Waals surface area contributed by atoms with Crippen molar-refractivity contribution in [3.8, 4) is 5.75 Å². The largest absolute Gasteiger partial charge is 0.497 e. The van der Waals surface area contributed by atoms with Gasteiger partial charge in [0.05, 0.1) is 18.6 Å². The van der Waals surface area contributed by atoms with Gasteiger partial charge in [-0.05, 0) is 43.2 Å². The van der Waals surface area contributed by atoms with Crippen molar-refractivity contribution in [1.29, 1.82) is 0 Å². The van der Waals surface area contributed by atoms with Gasteiger partial charge in [-0.1, -0.05) is 12.1 Å². The van der Waals surface area contributed by atoms with Crippen LogP contribution in [0.1, 0.15) is 12.5 Å². The molecule has 0 spiro atoms. The number of nitrogens with one attached hydrogen (secondary N) is 2. The van der Waals surface area contributed by atoms with Crippen LogP contribution in [0.3, 0.4) is 0 Å². The van der Waals surface area contributed by atoms with Gasteiger partial charge < -0.3 is 15.4 Å². The molecule has 2 amide bonds. The van der Waals surface area contributed by atoms with Gasteiger partial charge >= 0.3 is 6.03 Å². The Bertz CT molecular complexity index is 928. The minimum atomic E-state index is -3.32. The van der Waals surface area contributed by atoms with Crippen LogP contribution in [0.5, 0.6) is 5.75 Å². The number of hydrogen-bond acceptors (Lipinski definition) is 4. The predicted octanol–water partition coefficient (Wildman–Crippen LogP) is 3.05. The minimum Gasteiger partial charge on any atom is -0.497 e. The zero-order valence-electron chi connectivity index (χ0n) is 14.7. The number of sulfonamides is 1. The first-order valence-electron chi connectivity index (χ1n) is 8.28. The fourth-order valence-corrected chi connectivity index (χ4v) is 4.02. The maximum atomic E-state index is 12.2. The third-order valence-corrected chi connectivity index (χ3v) is 6.00. The molecule has 0 unspecified atom stereocenters. The Balaban J connectivity index is 1.75. The van der Waals surface area contributed by atoms with Crippen LogP contribution in [-0.2, 0) is 16.4 Å². The summed E-state index contributed by atoms with van der Waals surface area (Å²) in [5.41, 5.74) is 2.72. The van der Waals surface area contributed by atoms with E-state index in [1.54, 1.807) is 50.4 Å². The van der Waals surface area contributed by atoms with Crippen molar-refractivity contribution in [3.05, 3.63) is 48.0 Å². The van der Waals surface area contributed by atoms with Gasteiger partial charge in [-0.15, -0.1) is 0 Å². The first kappa shape index (κ1) is 18.1. The lowest BCUT2D eigenvalue weighted by molar-refractivity contribution is 0.262. The number of fused-ring (bicyclic) bond motifs is 1. The maximum Gasteiger partial charge on any atom is 0.323 e. The summed E-state index contributed by atoms with van der Waals surface area (Å²) in [6.07, 6.45) is 0.671. The molecule has 2 aromatic carbocycles. The van der Waals surface area contributed by atoms with E-state index in [-0.39, 0.29) is 5.75 Å². The average Bonchev–Trinajstić information content (AvgIpc) is 3.05.